The van der Waals surface area contributed by atoms with Crippen molar-refractivity contribution in [1.29, 1.82) is 0 Å². The number of methoxy groups -OCH3 is 2. The summed E-state index contributed by atoms with van der Waals surface area (Å²) in [6.45, 7) is 4.60. The molecule has 6 heteroatoms. The molecule has 0 bridgehead atoms. The fraction of sp³-hybridized carbons (Fsp3) is 0.389. The first-order valence-corrected chi connectivity index (χ1v) is 8.38. The smallest absolute Gasteiger partial charge is 0.147 e. The van der Waals surface area contributed by atoms with Crippen molar-refractivity contribution in [3.63, 3.8) is 0 Å². The normalized spacial score (nSPS) is 15.4. The number of ether oxygens (including phenoxy) is 2. The Balaban J connectivity index is 1.63. The molecule has 0 radical (unpaired) electrons. The lowest BCUT2D eigenvalue weighted by molar-refractivity contribution is 0.245. The van der Waals surface area contributed by atoms with Gasteiger partial charge in [0.1, 0.15) is 17.3 Å². The van der Waals surface area contributed by atoms with Crippen LogP contribution < -0.4 is 14.4 Å². The maximum atomic E-state index is 6.25. The summed E-state index contributed by atoms with van der Waals surface area (Å²) in [4.78, 5) is 9.05. The number of rotatable bonds is 5. The average molecular weight is 348 g/mol. The summed E-state index contributed by atoms with van der Waals surface area (Å²) < 4.78 is 10.7. The molecule has 0 atom stereocenters. The number of nitrogens with zero attached hydrogens (tertiary/aromatic N) is 3. The number of hydrogen-bond donors (Lipinski definition) is 0. The van der Waals surface area contributed by atoms with E-state index < -0.39 is 0 Å². The van der Waals surface area contributed by atoms with E-state index in [-0.39, 0.29) is 0 Å². The molecule has 0 saturated carbocycles. The molecule has 0 aliphatic carbocycles. The van der Waals surface area contributed by atoms with Crippen molar-refractivity contribution < 1.29 is 9.47 Å². The highest BCUT2D eigenvalue weighted by Gasteiger charge is 2.20. The molecule has 0 spiro atoms. The largest absolute Gasteiger partial charge is 0.497 e. The highest BCUT2D eigenvalue weighted by atomic mass is 35.5. The van der Waals surface area contributed by atoms with E-state index >= 15 is 0 Å². The maximum Gasteiger partial charge on any atom is 0.147 e. The first kappa shape index (κ1) is 16.9. The van der Waals surface area contributed by atoms with Crippen LogP contribution in [0.3, 0.4) is 0 Å². The Morgan fingerprint density at radius 2 is 1.88 bits per heavy atom. The molecule has 1 aromatic heterocycles. The summed E-state index contributed by atoms with van der Waals surface area (Å²) in [7, 11) is 3.36. The van der Waals surface area contributed by atoms with Gasteiger partial charge >= 0.3 is 0 Å². The molecule has 128 valence electrons. The van der Waals surface area contributed by atoms with Crippen LogP contribution in [-0.4, -0.2) is 50.3 Å². The number of piperazine rings is 1. The van der Waals surface area contributed by atoms with Gasteiger partial charge in [-0.15, -0.1) is 0 Å². The Hall–Kier alpha value is -1.98. The SMILES string of the molecule is COc1ccc(CN2CCN(c3ncccc3Cl)CC2)c(OC)c1. The van der Waals surface area contributed by atoms with Crippen LogP contribution in [0.2, 0.25) is 5.02 Å². The van der Waals surface area contributed by atoms with E-state index in [0.717, 1.165) is 50.0 Å². The molecule has 0 amide bonds. The monoisotopic (exact) mass is 347 g/mol. The molecule has 2 heterocycles. The fourth-order valence-corrected chi connectivity index (χ4v) is 3.19. The predicted octanol–water partition coefficient (Wildman–Crippen LogP) is 3.07. The van der Waals surface area contributed by atoms with Gasteiger partial charge < -0.3 is 14.4 Å². The van der Waals surface area contributed by atoms with E-state index in [1.807, 2.05) is 24.3 Å². The summed E-state index contributed by atoms with van der Waals surface area (Å²) in [6.07, 6.45) is 1.79. The molecular formula is C18H22ClN3O2. The highest BCUT2D eigenvalue weighted by molar-refractivity contribution is 6.32. The molecule has 3 rings (SSSR count). The number of aromatic nitrogens is 1. The number of anilines is 1. The Bertz CT molecular complexity index is 688. The Morgan fingerprint density at radius 1 is 1.08 bits per heavy atom. The molecule has 0 N–H and O–H groups in total. The van der Waals surface area contributed by atoms with E-state index in [2.05, 4.69) is 20.9 Å². The fourth-order valence-electron chi connectivity index (χ4n) is 2.95. The van der Waals surface area contributed by atoms with Crippen LogP contribution in [0, 0.1) is 0 Å². The van der Waals surface area contributed by atoms with Gasteiger partial charge in [0, 0.05) is 50.6 Å². The van der Waals surface area contributed by atoms with E-state index in [1.165, 1.54) is 5.56 Å². The first-order chi connectivity index (χ1) is 11.7. The summed E-state index contributed by atoms with van der Waals surface area (Å²) >= 11 is 6.25. The summed E-state index contributed by atoms with van der Waals surface area (Å²) in [5, 5.41) is 0.711. The van der Waals surface area contributed by atoms with Crippen LogP contribution in [0.4, 0.5) is 5.82 Å². The molecule has 1 aliphatic rings. The minimum absolute atomic E-state index is 0.711. The third-order valence-electron chi connectivity index (χ3n) is 4.30. The average Bonchev–Trinajstić information content (AvgIpc) is 2.63. The van der Waals surface area contributed by atoms with Gasteiger partial charge in [-0.2, -0.15) is 0 Å². The van der Waals surface area contributed by atoms with Gasteiger partial charge in [-0.25, -0.2) is 4.98 Å². The number of benzene rings is 1. The van der Waals surface area contributed by atoms with Crippen molar-refractivity contribution in [3.05, 3.63) is 47.1 Å². The highest BCUT2D eigenvalue weighted by Crippen LogP contribution is 2.27. The van der Waals surface area contributed by atoms with Crippen LogP contribution in [0.1, 0.15) is 5.56 Å². The van der Waals surface area contributed by atoms with Crippen molar-refractivity contribution in [1.82, 2.24) is 9.88 Å². The van der Waals surface area contributed by atoms with Gasteiger partial charge in [-0.1, -0.05) is 17.7 Å². The summed E-state index contributed by atoms with van der Waals surface area (Å²) in [6, 6.07) is 9.72. The summed E-state index contributed by atoms with van der Waals surface area (Å²) in [5.74, 6) is 2.55. The zero-order valence-corrected chi connectivity index (χ0v) is 14.8. The lowest BCUT2D eigenvalue weighted by Gasteiger charge is -2.35. The van der Waals surface area contributed by atoms with Crippen LogP contribution in [-0.2, 0) is 6.54 Å². The van der Waals surface area contributed by atoms with Crippen molar-refractivity contribution in [3.8, 4) is 11.5 Å². The van der Waals surface area contributed by atoms with E-state index in [4.69, 9.17) is 21.1 Å². The van der Waals surface area contributed by atoms with Crippen LogP contribution in [0.25, 0.3) is 0 Å². The second kappa shape index (κ2) is 7.73. The maximum absolute atomic E-state index is 6.25. The third-order valence-corrected chi connectivity index (χ3v) is 4.59. The zero-order valence-electron chi connectivity index (χ0n) is 14.0. The van der Waals surface area contributed by atoms with Gasteiger partial charge in [-0.3, -0.25) is 4.90 Å². The first-order valence-electron chi connectivity index (χ1n) is 8.00. The molecule has 24 heavy (non-hydrogen) atoms. The Labute approximate surface area is 147 Å². The quantitative estimate of drug-likeness (QED) is 0.831. The molecular weight excluding hydrogens is 326 g/mol. The number of hydrogen-bond acceptors (Lipinski definition) is 5. The van der Waals surface area contributed by atoms with Gasteiger partial charge in [0.05, 0.1) is 19.2 Å². The van der Waals surface area contributed by atoms with Gasteiger partial charge in [-0.05, 0) is 18.2 Å². The molecule has 2 aromatic rings. The lowest BCUT2D eigenvalue weighted by atomic mass is 10.1. The zero-order chi connectivity index (χ0) is 16.9. The van der Waals surface area contributed by atoms with Crippen molar-refractivity contribution in [2.45, 2.75) is 6.54 Å². The lowest BCUT2D eigenvalue weighted by Crippen LogP contribution is -2.46. The molecule has 1 fully saturated rings. The standard InChI is InChI=1S/C18H22ClN3O2/c1-23-15-6-5-14(17(12-15)24-2)13-21-8-10-22(11-9-21)18-16(19)4-3-7-20-18/h3-7,12H,8-11,13H2,1-2H3. The predicted molar refractivity (Wildman–Crippen MR) is 96.3 cm³/mol. The Kier molecular flexibility index (Phi) is 5.43. The minimum Gasteiger partial charge on any atom is -0.497 e. The van der Waals surface area contributed by atoms with Crippen molar-refractivity contribution in [2.24, 2.45) is 0 Å². The third kappa shape index (κ3) is 3.74. The topological polar surface area (TPSA) is 37.8 Å². The molecule has 5 nitrogen and oxygen atoms in total. The van der Waals surface area contributed by atoms with Crippen LogP contribution in [0.15, 0.2) is 36.5 Å². The van der Waals surface area contributed by atoms with Crippen LogP contribution in [0.5, 0.6) is 11.5 Å². The number of halogens is 1. The molecule has 1 saturated heterocycles. The molecule has 1 aliphatic heterocycles. The van der Waals surface area contributed by atoms with Crippen molar-refractivity contribution in [2.75, 3.05) is 45.3 Å². The van der Waals surface area contributed by atoms with Gasteiger partial charge in [0.15, 0.2) is 0 Å². The Morgan fingerprint density at radius 3 is 2.54 bits per heavy atom. The van der Waals surface area contributed by atoms with Crippen molar-refractivity contribution >= 4 is 17.4 Å². The van der Waals surface area contributed by atoms with Gasteiger partial charge in [0.25, 0.3) is 0 Å². The van der Waals surface area contributed by atoms with Gasteiger partial charge in [0.2, 0.25) is 0 Å². The minimum atomic E-state index is 0.711. The molecule has 0 unspecified atom stereocenters. The van der Waals surface area contributed by atoms with E-state index in [0.29, 0.717) is 5.02 Å². The molecule has 1 aromatic carbocycles. The second-order valence-electron chi connectivity index (χ2n) is 5.75. The van der Waals surface area contributed by atoms with E-state index in [9.17, 15) is 0 Å². The second-order valence-corrected chi connectivity index (χ2v) is 6.16. The summed E-state index contributed by atoms with van der Waals surface area (Å²) in [5.41, 5.74) is 1.17. The number of pyridine rings is 1. The van der Waals surface area contributed by atoms with Crippen LogP contribution >= 0.6 is 11.6 Å². The van der Waals surface area contributed by atoms with E-state index in [1.54, 1.807) is 20.4 Å².